The largest absolute Gasteiger partial charge is 0.481 e. The van der Waals surface area contributed by atoms with Gasteiger partial charge in [-0.15, -0.1) is 0 Å². The molecule has 0 aromatic carbocycles. The van der Waals surface area contributed by atoms with Crippen LogP contribution in [0.2, 0.25) is 0 Å². The molecule has 1 aliphatic heterocycles. The van der Waals surface area contributed by atoms with Crippen molar-refractivity contribution >= 4 is 28.9 Å². The highest BCUT2D eigenvalue weighted by atomic mass is 16.4. The molecule has 122 valence electrons. The molecule has 0 bridgehead atoms. The van der Waals surface area contributed by atoms with Gasteiger partial charge in [-0.05, 0) is 5.92 Å². The average molecular weight is 318 g/mol. The Morgan fingerprint density at radius 1 is 1.39 bits per heavy atom. The summed E-state index contributed by atoms with van der Waals surface area (Å²) in [7, 11) is 1.76. The van der Waals surface area contributed by atoms with Crippen LogP contribution in [0.15, 0.2) is 12.7 Å². The quantitative estimate of drug-likeness (QED) is 0.813. The number of carbonyl (C=O) groups is 2. The third kappa shape index (κ3) is 2.81. The van der Waals surface area contributed by atoms with E-state index in [1.54, 1.807) is 16.8 Å². The molecule has 0 radical (unpaired) electrons. The second-order valence-corrected chi connectivity index (χ2v) is 5.88. The fourth-order valence-corrected chi connectivity index (χ4v) is 2.91. The Morgan fingerprint density at radius 2 is 2.17 bits per heavy atom. The number of aliphatic carboxylic acids is 1. The van der Waals surface area contributed by atoms with Crippen molar-refractivity contribution in [3.63, 3.8) is 0 Å². The zero-order chi connectivity index (χ0) is 16.6. The van der Waals surface area contributed by atoms with E-state index in [9.17, 15) is 9.59 Å². The van der Waals surface area contributed by atoms with Gasteiger partial charge in [-0.1, -0.05) is 6.92 Å². The first-order chi connectivity index (χ1) is 11.0. The van der Waals surface area contributed by atoms with Gasteiger partial charge in [0.1, 0.15) is 11.8 Å². The molecule has 23 heavy (non-hydrogen) atoms. The van der Waals surface area contributed by atoms with E-state index >= 15 is 0 Å². The van der Waals surface area contributed by atoms with Gasteiger partial charge in [-0.3, -0.25) is 9.59 Å². The molecule has 0 unspecified atom stereocenters. The molecular formula is C14H18N6O3. The lowest BCUT2D eigenvalue weighted by atomic mass is 9.99. The molecule has 3 rings (SSSR count). The highest BCUT2D eigenvalue weighted by molar-refractivity contribution is 5.87. The van der Waals surface area contributed by atoms with Gasteiger partial charge < -0.3 is 19.9 Å². The second-order valence-electron chi connectivity index (χ2n) is 5.88. The molecule has 2 aromatic heterocycles. The number of fused-ring (bicyclic) bond motifs is 1. The summed E-state index contributed by atoms with van der Waals surface area (Å²) in [6.07, 6.45) is 2.93. The second kappa shape index (κ2) is 5.82. The molecule has 1 fully saturated rings. The molecule has 9 heteroatoms. The summed E-state index contributed by atoms with van der Waals surface area (Å²) in [6.45, 7) is 2.69. The first kappa shape index (κ1) is 15.2. The highest BCUT2D eigenvalue weighted by Crippen LogP contribution is 2.24. The fourth-order valence-electron chi connectivity index (χ4n) is 2.91. The molecule has 2 N–H and O–H groups in total. The number of H-pyrrole nitrogens is 1. The number of likely N-dealkylation sites (tertiary alicyclic amines) is 1. The maximum absolute atomic E-state index is 12.4. The molecule has 0 spiro atoms. The Morgan fingerprint density at radius 3 is 2.87 bits per heavy atom. The van der Waals surface area contributed by atoms with Crippen LogP contribution in [0.1, 0.15) is 6.92 Å². The molecule has 1 amide bonds. The van der Waals surface area contributed by atoms with Gasteiger partial charge in [-0.25, -0.2) is 15.0 Å². The highest BCUT2D eigenvalue weighted by Gasteiger charge is 2.37. The summed E-state index contributed by atoms with van der Waals surface area (Å²) in [6, 6.07) is 0. The zero-order valence-corrected chi connectivity index (χ0v) is 12.9. The lowest BCUT2D eigenvalue weighted by Gasteiger charge is -2.22. The van der Waals surface area contributed by atoms with Gasteiger partial charge in [0.2, 0.25) is 5.91 Å². The van der Waals surface area contributed by atoms with Crippen LogP contribution in [0, 0.1) is 11.8 Å². The van der Waals surface area contributed by atoms with E-state index in [0.717, 1.165) is 0 Å². The standard InChI is InChI=1S/C14H18N6O3/c1-8-3-20(4-9(8)14(22)23)10(21)5-19(2)13-11-12(16-6-15-11)17-7-18-13/h6-9H,3-5H2,1-2H3,(H,22,23)(H,15,16,17,18)/t8-,9-/m1/s1. The number of nitrogens with one attached hydrogen (secondary N) is 1. The molecule has 9 nitrogen and oxygen atoms in total. The molecular weight excluding hydrogens is 300 g/mol. The average Bonchev–Trinajstić information content (AvgIpc) is 3.12. The maximum Gasteiger partial charge on any atom is 0.308 e. The molecule has 1 saturated heterocycles. The number of likely N-dealkylation sites (N-methyl/N-ethyl adjacent to an activating group) is 1. The summed E-state index contributed by atoms with van der Waals surface area (Å²) in [5.41, 5.74) is 1.20. The van der Waals surface area contributed by atoms with Gasteiger partial charge >= 0.3 is 5.97 Å². The number of aromatic nitrogens is 4. The maximum atomic E-state index is 12.4. The van der Waals surface area contributed by atoms with Gasteiger partial charge in [0, 0.05) is 20.1 Å². The van der Waals surface area contributed by atoms with Crippen molar-refractivity contribution in [1.82, 2.24) is 24.8 Å². The Labute approximate surface area is 132 Å². The first-order valence-electron chi connectivity index (χ1n) is 7.33. The van der Waals surface area contributed by atoms with Crippen molar-refractivity contribution in [3.05, 3.63) is 12.7 Å². The first-order valence-corrected chi connectivity index (χ1v) is 7.33. The Hall–Kier alpha value is -2.71. The van der Waals surface area contributed by atoms with Crippen LogP contribution in [-0.4, -0.2) is 68.5 Å². The summed E-state index contributed by atoms with van der Waals surface area (Å²) < 4.78 is 0. The van der Waals surface area contributed by atoms with Crippen LogP contribution < -0.4 is 4.90 Å². The molecule has 2 aromatic rings. The van der Waals surface area contributed by atoms with E-state index in [4.69, 9.17) is 5.11 Å². The lowest BCUT2D eigenvalue weighted by molar-refractivity contribution is -0.142. The SMILES string of the molecule is C[C@@H]1CN(C(=O)CN(C)c2ncnc3nc[nH]c23)C[C@H]1C(=O)O. The van der Waals surface area contributed by atoms with Crippen molar-refractivity contribution in [2.24, 2.45) is 11.8 Å². The molecule has 1 aliphatic rings. The van der Waals surface area contributed by atoms with Gasteiger partial charge in [-0.2, -0.15) is 0 Å². The van der Waals surface area contributed by atoms with E-state index in [0.29, 0.717) is 23.5 Å². The van der Waals surface area contributed by atoms with Gasteiger partial charge in [0.15, 0.2) is 11.5 Å². The Kier molecular flexibility index (Phi) is 3.85. The van der Waals surface area contributed by atoms with E-state index < -0.39 is 11.9 Å². The van der Waals surface area contributed by atoms with Crippen molar-refractivity contribution < 1.29 is 14.7 Å². The molecule has 0 aliphatic carbocycles. The van der Waals surface area contributed by atoms with Crippen LogP contribution in [0.4, 0.5) is 5.82 Å². The summed E-state index contributed by atoms with van der Waals surface area (Å²) in [4.78, 5) is 42.2. The number of carboxylic acid groups (broad SMARTS) is 1. The number of hydrogen-bond acceptors (Lipinski definition) is 6. The molecule has 0 saturated carbocycles. The predicted octanol–water partition coefficient (Wildman–Crippen LogP) is -0.0318. The topological polar surface area (TPSA) is 115 Å². The van der Waals surface area contributed by atoms with E-state index in [1.807, 2.05) is 6.92 Å². The number of aromatic amines is 1. The third-order valence-electron chi connectivity index (χ3n) is 4.22. The van der Waals surface area contributed by atoms with Crippen LogP contribution in [-0.2, 0) is 9.59 Å². The number of carbonyl (C=O) groups excluding carboxylic acids is 1. The minimum absolute atomic E-state index is 0.0416. The number of amides is 1. The summed E-state index contributed by atoms with van der Waals surface area (Å²) >= 11 is 0. The monoisotopic (exact) mass is 318 g/mol. The smallest absolute Gasteiger partial charge is 0.308 e. The Bertz CT molecular complexity index is 745. The molecule has 2 atom stereocenters. The van der Waals surface area contributed by atoms with Crippen LogP contribution in [0.25, 0.3) is 11.2 Å². The third-order valence-corrected chi connectivity index (χ3v) is 4.22. The van der Waals surface area contributed by atoms with Crippen molar-refractivity contribution in [2.45, 2.75) is 6.92 Å². The van der Waals surface area contributed by atoms with E-state index in [-0.39, 0.29) is 24.9 Å². The van der Waals surface area contributed by atoms with Crippen LogP contribution in [0.5, 0.6) is 0 Å². The van der Waals surface area contributed by atoms with Crippen LogP contribution in [0.3, 0.4) is 0 Å². The predicted molar refractivity (Wildman–Crippen MR) is 81.8 cm³/mol. The van der Waals surface area contributed by atoms with Crippen molar-refractivity contribution in [1.29, 1.82) is 0 Å². The van der Waals surface area contributed by atoms with Crippen LogP contribution >= 0.6 is 0 Å². The number of rotatable bonds is 4. The fraction of sp³-hybridized carbons (Fsp3) is 0.500. The number of carboxylic acids is 1. The zero-order valence-electron chi connectivity index (χ0n) is 12.9. The van der Waals surface area contributed by atoms with Gasteiger partial charge in [0.05, 0.1) is 18.8 Å². The van der Waals surface area contributed by atoms with E-state index in [1.165, 1.54) is 12.7 Å². The normalized spacial score (nSPS) is 20.9. The minimum atomic E-state index is -0.851. The van der Waals surface area contributed by atoms with Crippen molar-refractivity contribution in [3.8, 4) is 0 Å². The lowest BCUT2D eigenvalue weighted by Crippen LogP contribution is -2.38. The number of anilines is 1. The van der Waals surface area contributed by atoms with Crippen molar-refractivity contribution in [2.75, 3.05) is 31.6 Å². The number of hydrogen-bond donors (Lipinski definition) is 2. The van der Waals surface area contributed by atoms with Gasteiger partial charge in [0.25, 0.3) is 0 Å². The van der Waals surface area contributed by atoms with E-state index in [2.05, 4.69) is 19.9 Å². The Balaban J connectivity index is 1.71. The number of imidazole rings is 1. The minimum Gasteiger partial charge on any atom is -0.481 e. The number of nitrogens with zero attached hydrogens (tertiary/aromatic N) is 5. The summed E-state index contributed by atoms with van der Waals surface area (Å²) in [5, 5.41) is 9.16. The summed E-state index contributed by atoms with van der Waals surface area (Å²) in [5.74, 6) is -0.920. The molecule has 3 heterocycles.